The molecular weight excluding hydrogens is 286 g/mol. The van der Waals surface area contributed by atoms with Crippen LogP contribution in [0.4, 0.5) is 0 Å². The smallest absolute Gasteiger partial charge is 0.290 e. The van der Waals surface area contributed by atoms with Crippen LogP contribution in [0.1, 0.15) is 39.7 Å². The molecule has 1 aliphatic rings. The van der Waals surface area contributed by atoms with Crippen LogP contribution in [0, 0.1) is 6.92 Å². The molecule has 23 heavy (non-hydrogen) atoms. The number of amides is 1. The van der Waals surface area contributed by atoms with Gasteiger partial charge in [-0.25, -0.2) is 0 Å². The van der Waals surface area contributed by atoms with Crippen molar-refractivity contribution in [3.05, 3.63) is 71.0 Å². The number of nitrogens with zero attached hydrogens (tertiary/aromatic N) is 1. The Morgan fingerprint density at radius 1 is 1.13 bits per heavy atom. The van der Waals surface area contributed by atoms with Gasteiger partial charge < -0.3 is 9.32 Å². The topological polar surface area (TPSA) is 33.5 Å². The highest BCUT2D eigenvalue weighted by Crippen LogP contribution is 2.36. The molecule has 1 unspecified atom stereocenters. The molecule has 0 N–H and O–H groups in total. The standard InChI is InChI=1S/C20H19NO2/c1-13-15-8-5-6-10-18(15)23-19(13)20(22)21(2)17-12-11-14-7-3-4-9-16(14)17/h3-10,17H,11-12H2,1-2H3. The first kappa shape index (κ1) is 14.1. The molecule has 1 atom stereocenters. The maximum atomic E-state index is 13.0. The number of carbonyl (C=O) groups is 1. The number of hydrogen-bond acceptors (Lipinski definition) is 2. The third-order valence-corrected chi connectivity index (χ3v) is 4.93. The zero-order valence-electron chi connectivity index (χ0n) is 13.4. The lowest BCUT2D eigenvalue weighted by atomic mass is 10.1. The molecule has 3 nitrogen and oxygen atoms in total. The lowest BCUT2D eigenvalue weighted by molar-refractivity contribution is 0.0699. The zero-order valence-corrected chi connectivity index (χ0v) is 13.4. The molecule has 4 rings (SSSR count). The van der Waals surface area contributed by atoms with Gasteiger partial charge in [-0.3, -0.25) is 4.79 Å². The Bertz CT molecular complexity index is 894. The first-order chi connectivity index (χ1) is 11.2. The number of aryl methyl sites for hydroxylation is 2. The van der Waals surface area contributed by atoms with E-state index >= 15 is 0 Å². The van der Waals surface area contributed by atoms with E-state index in [9.17, 15) is 4.79 Å². The maximum Gasteiger partial charge on any atom is 0.290 e. The van der Waals surface area contributed by atoms with Crippen molar-refractivity contribution < 1.29 is 9.21 Å². The fourth-order valence-corrected chi connectivity index (χ4v) is 3.62. The summed E-state index contributed by atoms with van der Waals surface area (Å²) in [6.07, 6.45) is 2.00. The van der Waals surface area contributed by atoms with E-state index in [1.54, 1.807) is 0 Å². The summed E-state index contributed by atoms with van der Waals surface area (Å²) < 4.78 is 5.84. The second kappa shape index (κ2) is 5.27. The summed E-state index contributed by atoms with van der Waals surface area (Å²) in [7, 11) is 1.88. The predicted octanol–water partition coefficient (Wildman–Crippen LogP) is 4.50. The van der Waals surface area contributed by atoms with Gasteiger partial charge in [0.2, 0.25) is 0 Å². The Balaban J connectivity index is 1.70. The average Bonchev–Trinajstić information content (AvgIpc) is 3.16. The normalized spacial score (nSPS) is 16.5. The molecular formula is C20H19NO2. The molecule has 1 heterocycles. The van der Waals surface area contributed by atoms with E-state index in [-0.39, 0.29) is 11.9 Å². The molecule has 1 aliphatic carbocycles. The van der Waals surface area contributed by atoms with Crippen molar-refractivity contribution in [3.63, 3.8) is 0 Å². The van der Waals surface area contributed by atoms with Gasteiger partial charge >= 0.3 is 0 Å². The van der Waals surface area contributed by atoms with Gasteiger partial charge in [0.05, 0.1) is 6.04 Å². The van der Waals surface area contributed by atoms with Gasteiger partial charge in [-0.05, 0) is 37.0 Å². The SMILES string of the molecule is Cc1c(C(=O)N(C)C2CCc3ccccc32)oc2ccccc12. The molecule has 0 bridgehead atoms. The number of hydrogen-bond donors (Lipinski definition) is 0. The average molecular weight is 305 g/mol. The van der Waals surface area contributed by atoms with Gasteiger partial charge in [-0.2, -0.15) is 0 Å². The number of benzene rings is 2. The Hall–Kier alpha value is -2.55. The van der Waals surface area contributed by atoms with Gasteiger partial charge in [0.25, 0.3) is 5.91 Å². The first-order valence-electron chi connectivity index (χ1n) is 8.00. The van der Waals surface area contributed by atoms with Crippen LogP contribution >= 0.6 is 0 Å². The van der Waals surface area contributed by atoms with Crippen molar-refractivity contribution in [2.24, 2.45) is 0 Å². The van der Waals surface area contributed by atoms with Gasteiger partial charge in [0.1, 0.15) is 5.58 Å². The second-order valence-electron chi connectivity index (χ2n) is 6.22. The molecule has 0 spiro atoms. The van der Waals surface area contributed by atoms with E-state index in [1.807, 2.05) is 49.2 Å². The van der Waals surface area contributed by atoms with Crippen LogP contribution in [0.2, 0.25) is 0 Å². The first-order valence-corrected chi connectivity index (χ1v) is 8.00. The van der Waals surface area contributed by atoms with Crippen molar-refractivity contribution >= 4 is 16.9 Å². The predicted molar refractivity (Wildman–Crippen MR) is 90.5 cm³/mol. The van der Waals surface area contributed by atoms with E-state index in [0.717, 1.165) is 29.4 Å². The van der Waals surface area contributed by atoms with Gasteiger partial charge in [0, 0.05) is 18.0 Å². The Labute approximate surface area is 135 Å². The Morgan fingerprint density at radius 3 is 2.70 bits per heavy atom. The lowest BCUT2D eigenvalue weighted by Gasteiger charge is -2.24. The highest BCUT2D eigenvalue weighted by molar-refractivity contribution is 5.99. The summed E-state index contributed by atoms with van der Waals surface area (Å²) in [5.74, 6) is 0.415. The fraction of sp³-hybridized carbons (Fsp3) is 0.250. The summed E-state index contributed by atoms with van der Waals surface area (Å²) in [6.45, 7) is 1.95. The Kier molecular flexibility index (Phi) is 3.22. The minimum Gasteiger partial charge on any atom is -0.451 e. The molecule has 0 aliphatic heterocycles. The minimum atomic E-state index is -0.0413. The van der Waals surface area contributed by atoms with Gasteiger partial charge in [0.15, 0.2) is 5.76 Å². The molecule has 3 aromatic rings. The highest BCUT2D eigenvalue weighted by Gasteiger charge is 2.31. The van der Waals surface area contributed by atoms with Crippen molar-refractivity contribution in [3.8, 4) is 0 Å². The van der Waals surface area contributed by atoms with Crippen molar-refractivity contribution in [1.29, 1.82) is 0 Å². The summed E-state index contributed by atoms with van der Waals surface area (Å²) in [6, 6.07) is 16.3. The summed E-state index contributed by atoms with van der Waals surface area (Å²) in [4.78, 5) is 14.8. The van der Waals surface area contributed by atoms with Crippen LogP contribution in [0.5, 0.6) is 0 Å². The van der Waals surface area contributed by atoms with Crippen molar-refractivity contribution in [2.45, 2.75) is 25.8 Å². The zero-order chi connectivity index (χ0) is 16.0. The van der Waals surface area contributed by atoms with E-state index < -0.39 is 0 Å². The van der Waals surface area contributed by atoms with Crippen molar-refractivity contribution in [2.75, 3.05) is 7.05 Å². The Morgan fingerprint density at radius 2 is 1.87 bits per heavy atom. The van der Waals surface area contributed by atoms with E-state index in [4.69, 9.17) is 4.42 Å². The van der Waals surface area contributed by atoms with Gasteiger partial charge in [-0.1, -0.05) is 42.5 Å². The second-order valence-corrected chi connectivity index (χ2v) is 6.22. The molecule has 2 aromatic carbocycles. The van der Waals surface area contributed by atoms with Crippen LogP contribution in [0.25, 0.3) is 11.0 Å². The number of fused-ring (bicyclic) bond motifs is 2. The molecule has 1 amide bonds. The highest BCUT2D eigenvalue weighted by atomic mass is 16.3. The van der Waals surface area contributed by atoms with E-state index in [2.05, 4.69) is 18.2 Å². The number of furan rings is 1. The van der Waals surface area contributed by atoms with Crippen LogP contribution in [0.3, 0.4) is 0 Å². The fourth-order valence-electron chi connectivity index (χ4n) is 3.62. The molecule has 1 aromatic heterocycles. The summed E-state index contributed by atoms with van der Waals surface area (Å²) in [5, 5.41) is 1.01. The van der Waals surface area contributed by atoms with Crippen LogP contribution in [0.15, 0.2) is 52.9 Å². The molecule has 116 valence electrons. The van der Waals surface area contributed by atoms with E-state index in [1.165, 1.54) is 11.1 Å². The largest absolute Gasteiger partial charge is 0.451 e. The summed E-state index contributed by atoms with van der Waals surface area (Å²) in [5.41, 5.74) is 4.30. The third-order valence-electron chi connectivity index (χ3n) is 4.93. The minimum absolute atomic E-state index is 0.0413. The van der Waals surface area contributed by atoms with E-state index in [0.29, 0.717) is 5.76 Å². The van der Waals surface area contributed by atoms with Crippen LogP contribution in [-0.4, -0.2) is 17.9 Å². The molecule has 0 saturated heterocycles. The summed E-state index contributed by atoms with van der Waals surface area (Å²) >= 11 is 0. The number of para-hydroxylation sites is 1. The number of carbonyl (C=O) groups excluding carboxylic acids is 1. The third kappa shape index (κ3) is 2.15. The monoisotopic (exact) mass is 305 g/mol. The maximum absolute atomic E-state index is 13.0. The van der Waals surface area contributed by atoms with Crippen molar-refractivity contribution in [1.82, 2.24) is 4.90 Å². The molecule has 3 heteroatoms. The van der Waals surface area contributed by atoms with Crippen LogP contribution < -0.4 is 0 Å². The molecule has 0 radical (unpaired) electrons. The van der Waals surface area contributed by atoms with Crippen LogP contribution in [-0.2, 0) is 6.42 Å². The number of rotatable bonds is 2. The molecule has 0 fully saturated rings. The molecule has 0 saturated carbocycles. The quantitative estimate of drug-likeness (QED) is 0.698. The van der Waals surface area contributed by atoms with Gasteiger partial charge in [-0.15, -0.1) is 0 Å². The lowest BCUT2D eigenvalue weighted by Crippen LogP contribution is -2.30.